The highest BCUT2D eigenvalue weighted by Crippen LogP contribution is 2.22. The molecule has 0 aromatic heterocycles. The number of hydrogen-bond donors (Lipinski definition) is 2. The van der Waals surface area contributed by atoms with Crippen LogP contribution in [0, 0.1) is 0 Å². The quantitative estimate of drug-likeness (QED) is 0.633. The van der Waals surface area contributed by atoms with Crippen molar-refractivity contribution in [2.75, 3.05) is 32.9 Å². The van der Waals surface area contributed by atoms with Crippen LogP contribution >= 0.6 is 0 Å². The Labute approximate surface area is 107 Å². The summed E-state index contributed by atoms with van der Waals surface area (Å²) in [5.74, 6) is -1.55. The van der Waals surface area contributed by atoms with Crippen LogP contribution in [-0.4, -0.2) is 78.9 Å². The van der Waals surface area contributed by atoms with Gasteiger partial charge in [0.15, 0.2) is 0 Å². The van der Waals surface area contributed by atoms with Gasteiger partial charge in [-0.3, -0.25) is 4.79 Å². The van der Waals surface area contributed by atoms with Crippen molar-refractivity contribution in [1.82, 2.24) is 9.21 Å². The van der Waals surface area contributed by atoms with Crippen LogP contribution in [0.4, 0.5) is 0 Å². The van der Waals surface area contributed by atoms with Crippen LogP contribution in [0.15, 0.2) is 0 Å². The third kappa shape index (κ3) is 4.20. The Morgan fingerprint density at radius 1 is 1.44 bits per heavy atom. The summed E-state index contributed by atoms with van der Waals surface area (Å²) in [6.45, 7) is 0.573. The molecule has 0 aromatic rings. The van der Waals surface area contributed by atoms with Crippen LogP contribution in [0.2, 0.25) is 0 Å². The second-order valence-corrected chi connectivity index (χ2v) is 6.88. The minimum atomic E-state index is -3.62. The predicted molar refractivity (Wildman–Crippen MR) is 65.7 cm³/mol. The Balaban J connectivity index is 2.74. The lowest BCUT2D eigenvalue weighted by atomic mass is 10.2. The zero-order valence-electron chi connectivity index (χ0n) is 10.6. The third-order valence-electron chi connectivity index (χ3n) is 2.85. The summed E-state index contributed by atoms with van der Waals surface area (Å²) in [5.41, 5.74) is 0. The van der Waals surface area contributed by atoms with E-state index in [9.17, 15) is 18.3 Å². The summed E-state index contributed by atoms with van der Waals surface area (Å²) in [4.78, 5) is 12.3. The number of likely N-dealkylation sites (N-methyl/N-ethyl adjacent to an activating group) is 1. The van der Waals surface area contributed by atoms with Crippen LogP contribution in [-0.2, 0) is 14.8 Å². The Morgan fingerprint density at radius 3 is 2.56 bits per heavy atom. The number of carboxylic acid groups (broad SMARTS) is 1. The molecule has 2 N–H and O–H groups in total. The van der Waals surface area contributed by atoms with Gasteiger partial charge in [0, 0.05) is 19.1 Å². The molecule has 0 aliphatic carbocycles. The van der Waals surface area contributed by atoms with Crippen LogP contribution in [0.5, 0.6) is 0 Å². The van der Waals surface area contributed by atoms with Gasteiger partial charge in [-0.05, 0) is 20.5 Å². The molecule has 2 unspecified atom stereocenters. The topological polar surface area (TPSA) is 98.2 Å². The molecule has 1 aliphatic heterocycles. The molecule has 0 spiro atoms. The SMILES string of the molecule is CN(C)CC1CC(O)CN1S(=O)(=O)CCC(=O)O. The molecule has 18 heavy (non-hydrogen) atoms. The number of β-amino-alcohol motifs (C(OH)–C–C–N with tert-alkyl or cyclic N) is 1. The lowest BCUT2D eigenvalue weighted by Crippen LogP contribution is -2.42. The number of rotatable bonds is 6. The van der Waals surface area contributed by atoms with Gasteiger partial charge in [0.1, 0.15) is 0 Å². The number of sulfonamides is 1. The summed E-state index contributed by atoms with van der Waals surface area (Å²) < 4.78 is 25.3. The van der Waals surface area contributed by atoms with E-state index < -0.39 is 34.3 Å². The fraction of sp³-hybridized carbons (Fsp3) is 0.900. The molecule has 0 amide bonds. The minimum absolute atomic E-state index is 0.0560. The van der Waals surface area contributed by atoms with Crippen molar-refractivity contribution in [1.29, 1.82) is 0 Å². The number of aliphatic hydroxyl groups is 1. The lowest BCUT2D eigenvalue weighted by Gasteiger charge is -2.25. The van der Waals surface area contributed by atoms with Gasteiger partial charge in [-0.1, -0.05) is 0 Å². The maximum atomic E-state index is 12.0. The number of carboxylic acids is 1. The van der Waals surface area contributed by atoms with Crippen molar-refractivity contribution < 1.29 is 23.4 Å². The summed E-state index contributed by atoms with van der Waals surface area (Å²) in [6, 6.07) is -0.284. The number of carbonyl (C=O) groups is 1. The normalized spacial score (nSPS) is 25.8. The predicted octanol–water partition coefficient (Wildman–Crippen LogP) is -1.21. The second-order valence-electron chi connectivity index (χ2n) is 4.84. The highest BCUT2D eigenvalue weighted by molar-refractivity contribution is 7.89. The average molecular weight is 280 g/mol. The molecule has 2 atom stereocenters. The maximum absolute atomic E-state index is 12.0. The van der Waals surface area contributed by atoms with Crippen LogP contribution in [0.3, 0.4) is 0 Å². The molecule has 1 saturated heterocycles. The third-order valence-corrected chi connectivity index (χ3v) is 4.73. The standard InChI is InChI=1S/C10H20N2O5S/c1-11(2)6-8-5-9(13)7-12(8)18(16,17)4-3-10(14)15/h8-9,13H,3-7H2,1-2H3,(H,14,15). The van der Waals surface area contributed by atoms with Crippen molar-refractivity contribution >= 4 is 16.0 Å². The summed E-state index contributed by atoms with van der Waals surface area (Å²) in [5, 5.41) is 18.1. The van der Waals surface area contributed by atoms with Crippen molar-refractivity contribution in [3.8, 4) is 0 Å². The smallest absolute Gasteiger partial charge is 0.304 e. The Morgan fingerprint density at radius 2 is 2.06 bits per heavy atom. The van der Waals surface area contributed by atoms with Gasteiger partial charge >= 0.3 is 5.97 Å². The Kier molecular flexibility index (Phi) is 5.09. The van der Waals surface area contributed by atoms with E-state index in [4.69, 9.17) is 5.11 Å². The molecule has 0 saturated carbocycles. The van der Waals surface area contributed by atoms with E-state index in [0.29, 0.717) is 13.0 Å². The molecule has 0 radical (unpaired) electrons. The van der Waals surface area contributed by atoms with E-state index >= 15 is 0 Å². The molecule has 1 heterocycles. The van der Waals surface area contributed by atoms with Gasteiger partial charge in [-0.25, -0.2) is 8.42 Å². The first kappa shape index (κ1) is 15.4. The highest BCUT2D eigenvalue weighted by atomic mass is 32.2. The van der Waals surface area contributed by atoms with Crippen molar-refractivity contribution in [2.45, 2.75) is 25.0 Å². The lowest BCUT2D eigenvalue weighted by molar-refractivity contribution is -0.136. The number of hydrogen-bond acceptors (Lipinski definition) is 5. The van der Waals surface area contributed by atoms with Crippen molar-refractivity contribution in [3.05, 3.63) is 0 Å². The molecule has 0 bridgehead atoms. The average Bonchev–Trinajstić information content (AvgIpc) is 2.56. The van der Waals surface area contributed by atoms with Crippen molar-refractivity contribution in [2.24, 2.45) is 0 Å². The monoisotopic (exact) mass is 280 g/mol. The zero-order chi connectivity index (χ0) is 13.9. The van der Waals surface area contributed by atoms with Gasteiger partial charge in [-0.2, -0.15) is 4.31 Å². The van der Waals surface area contributed by atoms with E-state index in [1.165, 1.54) is 4.31 Å². The largest absolute Gasteiger partial charge is 0.481 e. The molecular formula is C10H20N2O5S. The Hall–Kier alpha value is -0.700. The molecule has 0 aromatic carbocycles. The van der Waals surface area contributed by atoms with E-state index in [1.807, 2.05) is 19.0 Å². The van der Waals surface area contributed by atoms with Gasteiger partial charge in [0.05, 0.1) is 18.3 Å². The molecule has 106 valence electrons. The fourth-order valence-electron chi connectivity index (χ4n) is 2.12. The number of nitrogens with zero attached hydrogens (tertiary/aromatic N) is 2. The zero-order valence-corrected chi connectivity index (χ0v) is 11.4. The van der Waals surface area contributed by atoms with Gasteiger partial charge in [0.2, 0.25) is 10.0 Å². The summed E-state index contributed by atoms with van der Waals surface area (Å²) in [6.07, 6.45) is -0.691. The molecule has 7 nitrogen and oxygen atoms in total. The number of aliphatic carboxylic acids is 1. The highest BCUT2D eigenvalue weighted by Gasteiger charge is 2.38. The Bertz CT molecular complexity index is 395. The first-order valence-corrected chi connectivity index (χ1v) is 7.37. The first-order valence-electron chi connectivity index (χ1n) is 5.76. The van der Waals surface area contributed by atoms with E-state index in [-0.39, 0.29) is 12.6 Å². The molecule has 8 heteroatoms. The van der Waals surface area contributed by atoms with E-state index in [2.05, 4.69) is 0 Å². The van der Waals surface area contributed by atoms with Gasteiger partial charge in [-0.15, -0.1) is 0 Å². The van der Waals surface area contributed by atoms with E-state index in [0.717, 1.165) is 0 Å². The molecular weight excluding hydrogens is 260 g/mol. The summed E-state index contributed by atoms with van der Waals surface area (Å²) >= 11 is 0. The first-order chi connectivity index (χ1) is 8.22. The van der Waals surface area contributed by atoms with Gasteiger partial charge in [0.25, 0.3) is 0 Å². The second kappa shape index (κ2) is 5.96. The van der Waals surface area contributed by atoms with Crippen LogP contribution in [0.1, 0.15) is 12.8 Å². The summed E-state index contributed by atoms with van der Waals surface area (Å²) in [7, 11) is 0.0353. The number of aliphatic hydroxyl groups excluding tert-OH is 1. The van der Waals surface area contributed by atoms with Gasteiger partial charge < -0.3 is 15.1 Å². The molecule has 1 fully saturated rings. The van der Waals surface area contributed by atoms with Crippen LogP contribution < -0.4 is 0 Å². The van der Waals surface area contributed by atoms with E-state index in [1.54, 1.807) is 0 Å². The molecule has 1 rings (SSSR count). The van der Waals surface area contributed by atoms with Crippen molar-refractivity contribution in [3.63, 3.8) is 0 Å². The maximum Gasteiger partial charge on any atom is 0.304 e. The minimum Gasteiger partial charge on any atom is -0.481 e. The fourth-order valence-corrected chi connectivity index (χ4v) is 3.80. The van der Waals surface area contributed by atoms with Crippen LogP contribution in [0.25, 0.3) is 0 Å². The molecule has 1 aliphatic rings.